The van der Waals surface area contributed by atoms with Gasteiger partial charge in [-0.3, -0.25) is 0 Å². The molecule has 0 aliphatic carbocycles. The fourth-order valence-electron chi connectivity index (χ4n) is 1.22. The Bertz CT molecular complexity index is 385. The molecule has 0 N–H and O–H groups in total. The average molecular weight is 365 g/mol. The first kappa shape index (κ1) is 15.1. The Morgan fingerprint density at radius 1 is 1.35 bits per heavy atom. The summed E-state index contributed by atoms with van der Waals surface area (Å²) in [4.78, 5) is 0. The van der Waals surface area contributed by atoms with Crippen LogP contribution in [0.4, 0.5) is 0 Å². The van der Waals surface area contributed by atoms with Crippen molar-refractivity contribution in [2.45, 2.75) is 38.0 Å². The van der Waals surface area contributed by atoms with Crippen molar-refractivity contribution in [3.8, 4) is 0 Å². The maximum atomic E-state index is 5.05. The van der Waals surface area contributed by atoms with Crippen molar-refractivity contribution in [1.29, 1.82) is 0 Å². The highest BCUT2D eigenvalue weighted by Gasteiger charge is 2.21. The van der Waals surface area contributed by atoms with E-state index in [9.17, 15) is 0 Å². The summed E-state index contributed by atoms with van der Waals surface area (Å²) in [6, 6.07) is 0. The lowest BCUT2D eigenvalue weighted by Crippen LogP contribution is -2.07. The Hall–Kier alpha value is 0.0300. The van der Waals surface area contributed by atoms with Gasteiger partial charge in [-0.1, -0.05) is 48.5 Å². The van der Waals surface area contributed by atoms with Gasteiger partial charge < -0.3 is 4.52 Å². The van der Waals surface area contributed by atoms with Gasteiger partial charge in [-0.2, -0.15) is 0 Å². The Labute approximate surface area is 122 Å². The molecule has 0 aromatic carbocycles. The molecule has 0 amide bonds. The fourth-order valence-corrected chi connectivity index (χ4v) is 2.45. The lowest BCUT2D eigenvalue weighted by molar-refractivity contribution is 0.417. The minimum Gasteiger partial charge on any atom is -0.364 e. The van der Waals surface area contributed by atoms with Crippen LogP contribution in [0, 0.1) is 5.41 Å². The standard InChI is InChI=1S/C13H20INOS/c1-12(2,3)9-17-7-6-11-10(8-16-15-11)13(4,5)14/h6-8H,9H2,1-5H3/b7-6-. The monoisotopic (exact) mass is 365 g/mol. The highest BCUT2D eigenvalue weighted by molar-refractivity contribution is 14.1. The van der Waals surface area contributed by atoms with Crippen molar-refractivity contribution in [3.05, 3.63) is 22.9 Å². The summed E-state index contributed by atoms with van der Waals surface area (Å²) >= 11 is 4.21. The molecule has 1 rings (SSSR count). The molecule has 0 aliphatic heterocycles. The third-order valence-corrected chi connectivity index (χ3v) is 4.02. The van der Waals surface area contributed by atoms with Crippen LogP contribution in [0.1, 0.15) is 45.9 Å². The van der Waals surface area contributed by atoms with E-state index >= 15 is 0 Å². The first-order valence-corrected chi connectivity index (χ1v) is 7.75. The fraction of sp³-hybridized carbons (Fsp3) is 0.615. The largest absolute Gasteiger partial charge is 0.364 e. The van der Waals surface area contributed by atoms with Crippen molar-refractivity contribution < 1.29 is 4.52 Å². The van der Waals surface area contributed by atoms with E-state index in [2.05, 4.69) is 67.8 Å². The van der Waals surface area contributed by atoms with Gasteiger partial charge >= 0.3 is 0 Å². The lowest BCUT2D eigenvalue weighted by Gasteiger charge is -2.15. The molecule has 0 bridgehead atoms. The van der Waals surface area contributed by atoms with Crippen LogP contribution < -0.4 is 0 Å². The Balaban J connectivity index is 2.64. The Morgan fingerprint density at radius 2 is 2.00 bits per heavy atom. The van der Waals surface area contributed by atoms with E-state index in [1.807, 2.05) is 17.8 Å². The van der Waals surface area contributed by atoms with E-state index < -0.39 is 0 Å². The lowest BCUT2D eigenvalue weighted by atomic mass is 10.0. The van der Waals surface area contributed by atoms with Crippen LogP contribution in [0.25, 0.3) is 6.08 Å². The van der Waals surface area contributed by atoms with Gasteiger partial charge in [0.2, 0.25) is 0 Å². The molecule has 0 spiro atoms. The van der Waals surface area contributed by atoms with Crippen LogP contribution in [-0.2, 0) is 3.42 Å². The molecule has 1 aromatic rings. The molecule has 17 heavy (non-hydrogen) atoms. The topological polar surface area (TPSA) is 26.0 Å². The summed E-state index contributed by atoms with van der Waals surface area (Å²) < 4.78 is 5.10. The Morgan fingerprint density at radius 3 is 2.53 bits per heavy atom. The number of alkyl halides is 1. The number of thioether (sulfide) groups is 1. The SMILES string of the molecule is CC(C)(C)CS/C=C\c1nocc1C(C)(C)I. The van der Waals surface area contributed by atoms with Gasteiger partial charge in [-0.15, -0.1) is 11.8 Å². The molecule has 0 unspecified atom stereocenters. The van der Waals surface area contributed by atoms with Gasteiger partial charge in [0.25, 0.3) is 0 Å². The Kier molecular flexibility index (Phi) is 5.13. The summed E-state index contributed by atoms with van der Waals surface area (Å²) in [6.07, 6.45) is 3.77. The maximum absolute atomic E-state index is 5.05. The van der Waals surface area contributed by atoms with E-state index in [-0.39, 0.29) is 3.42 Å². The number of rotatable bonds is 4. The zero-order valence-electron chi connectivity index (χ0n) is 11.1. The molecule has 1 heterocycles. The predicted octanol–water partition coefficient (Wildman–Crippen LogP) is 5.09. The molecule has 4 heteroatoms. The van der Waals surface area contributed by atoms with Crippen LogP contribution in [0.5, 0.6) is 0 Å². The van der Waals surface area contributed by atoms with Crippen molar-refractivity contribution in [3.63, 3.8) is 0 Å². The van der Waals surface area contributed by atoms with Gasteiger partial charge in [0, 0.05) is 14.7 Å². The summed E-state index contributed by atoms with van der Waals surface area (Å²) in [6.45, 7) is 11.0. The number of nitrogens with zero attached hydrogens (tertiary/aromatic N) is 1. The molecule has 0 aliphatic rings. The molecule has 0 saturated heterocycles. The molecule has 0 radical (unpaired) electrons. The molecule has 0 fully saturated rings. The highest BCUT2D eigenvalue weighted by Crippen LogP contribution is 2.33. The van der Waals surface area contributed by atoms with E-state index in [0.29, 0.717) is 5.41 Å². The molecular weight excluding hydrogens is 345 g/mol. The van der Waals surface area contributed by atoms with Crippen molar-refractivity contribution in [2.24, 2.45) is 5.41 Å². The van der Waals surface area contributed by atoms with E-state index in [1.54, 1.807) is 6.26 Å². The number of aromatic nitrogens is 1. The molecule has 0 saturated carbocycles. The summed E-state index contributed by atoms with van der Waals surface area (Å²) in [5.74, 6) is 1.10. The van der Waals surface area contributed by atoms with Crippen LogP contribution in [0.2, 0.25) is 0 Å². The second-order valence-electron chi connectivity index (χ2n) is 5.76. The van der Waals surface area contributed by atoms with Gasteiger partial charge in [0.05, 0.1) is 0 Å². The molecule has 0 atom stereocenters. The summed E-state index contributed by atoms with van der Waals surface area (Å²) in [5, 5.41) is 6.14. The van der Waals surface area contributed by atoms with Crippen molar-refractivity contribution >= 4 is 40.4 Å². The van der Waals surface area contributed by atoms with Crippen LogP contribution in [-0.4, -0.2) is 10.9 Å². The van der Waals surface area contributed by atoms with E-state index in [4.69, 9.17) is 4.52 Å². The van der Waals surface area contributed by atoms with Gasteiger partial charge in [-0.05, 0) is 30.7 Å². The van der Waals surface area contributed by atoms with Gasteiger partial charge in [0.1, 0.15) is 12.0 Å². The summed E-state index contributed by atoms with van der Waals surface area (Å²) in [7, 11) is 0. The zero-order valence-corrected chi connectivity index (χ0v) is 14.1. The molecular formula is C13H20INOS. The number of hydrogen-bond acceptors (Lipinski definition) is 3. The number of halogens is 1. The first-order chi connectivity index (χ1) is 7.70. The molecule has 1 aromatic heterocycles. The van der Waals surface area contributed by atoms with Gasteiger partial charge in [0.15, 0.2) is 0 Å². The predicted molar refractivity (Wildman–Crippen MR) is 84.5 cm³/mol. The smallest absolute Gasteiger partial charge is 0.128 e. The second kappa shape index (κ2) is 5.78. The number of hydrogen-bond donors (Lipinski definition) is 0. The normalized spacial score (nSPS) is 13.5. The average Bonchev–Trinajstić information content (AvgIpc) is 2.58. The molecule has 2 nitrogen and oxygen atoms in total. The highest BCUT2D eigenvalue weighted by atomic mass is 127. The minimum absolute atomic E-state index is 0.0477. The van der Waals surface area contributed by atoms with E-state index in [1.165, 1.54) is 0 Å². The van der Waals surface area contributed by atoms with Gasteiger partial charge in [-0.25, -0.2) is 0 Å². The van der Waals surface area contributed by atoms with Crippen LogP contribution in [0.15, 0.2) is 16.2 Å². The molecule has 96 valence electrons. The second-order valence-corrected chi connectivity index (χ2v) is 9.35. The van der Waals surface area contributed by atoms with Crippen LogP contribution >= 0.6 is 34.4 Å². The first-order valence-electron chi connectivity index (χ1n) is 5.62. The van der Waals surface area contributed by atoms with Crippen LogP contribution in [0.3, 0.4) is 0 Å². The third-order valence-electron chi connectivity index (χ3n) is 2.08. The van der Waals surface area contributed by atoms with Crippen molar-refractivity contribution in [2.75, 3.05) is 5.75 Å². The van der Waals surface area contributed by atoms with E-state index in [0.717, 1.165) is 17.0 Å². The minimum atomic E-state index is 0.0477. The zero-order chi connectivity index (χ0) is 13.1. The summed E-state index contributed by atoms with van der Waals surface area (Å²) in [5.41, 5.74) is 2.43. The third kappa shape index (κ3) is 5.46. The quantitative estimate of drug-likeness (QED) is 0.549. The van der Waals surface area contributed by atoms with Crippen molar-refractivity contribution in [1.82, 2.24) is 5.16 Å². The maximum Gasteiger partial charge on any atom is 0.128 e.